The zero-order valence-electron chi connectivity index (χ0n) is 16.4. The molecule has 0 aromatic heterocycles. The highest BCUT2D eigenvalue weighted by molar-refractivity contribution is 5.94. The molecule has 148 valence electrons. The van der Waals surface area contributed by atoms with Crippen LogP contribution in [0.4, 0.5) is 5.69 Å². The highest BCUT2D eigenvalue weighted by Gasteiger charge is 2.27. The van der Waals surface area contributed by atoms with Crippen LogP contribution in [0.5, 0.6) is 0 Å². The molecular weight excluding hydrogens is 364 g/mol. The molecule has 29 heavy (non-hydrogen) atoms. The van der Waals surface area contributed by atoms with Gasteiger partial charge in [-0.3, -0.25) is 9.69 Å². The Morgan fingerprint density at radius 3 is 2.07 bits per heavy atom. The van der Waals surface area contributed by atoms with E-state index >= 15 is 0 Å². The summed E-state index contributed by atoms with van der Waals surface area (Å²) in [6.07, 6.45) is 6.54. The van der Waals surface area contributed by atoms with E-state index < -0.39 is 0 Å². The number of carbonyl (C=O) groups excluding carboxylic acids is 1. The van der Waals surface area contributed by atoms with Gasteiger partial charge in [-0.2, -0.15) is 15.8 Å². The molecule has 1 aromatic carbocycles. The van der Waals surface area contributed by atoms with Gasteiger partial charge in [0, 0.05) is 43.5 Å². The molecule has 1 aliphatic heterocycles. The summed E-state index contributed by atoms with van der Waals surface area (Å²) < 4.78 is 0. The summed E-state index contributed by atoms with van der Waals surface area (Å²) in [5.74, 6) is 0.00521. The van der Waals surface area contributed by atoms with Crippen molar-refractivity contribution in [3.05, 3.63) is 41.1 Å². The molecule has 1 saturated carbocycles. The van der Waals surface area contributed by atoms with Crippen molar-refractivity contribution in [3.8, 4) is 18.2 Å². The Morgan fingerprint density at radius 2 is 1.52 bits per heavy atom. The first-order valence-corrected chi connectivity index (χ1v) is 10.0. The minimum atomic E-state index is -0.275. The van der Waals surface area contributed by atoms with Gasteiger partial charge in [-0.15, -0.1) is 0 Å². The largest absolute Gasteiger partial charge is 0.345 e. The van der Waals surface area contributed by atoms with E-state index in [4.69, 9.17) is 15.8 Å². The maximum absolute atomic E-state index is 12.8. The van der Waals surface area contributed by atoms with Crippen molar-refractivity contribution >= 4 is 11.6 Å². The number of allylic oxidation sites excluding steroid dienone is 2. The normalized spacial score (nSPS) is 17.5. The van der Waals surface area contributed by atoms with Gasteiger partial charge in [-0.05, 0) is 37.1 Å². The number of carbonyl (C=O) groups is 1. The molecule has 3 rings (SSSR count). The molecule has 1 aliphatic carbocycles. The van der Waals surface area contributed by atoms with Crippen molar-refractivity contribution in [2.45, 2.75) is 38.1 Å². The van der Waals surface area contributed by atoms with E-state index in [0.717, 1.165) is 26.2 Å². The SMILES string of the molecule is N#CC(C#N)=C(C#N)Nc1ccc(C(=O)N2CCN(C3CCCCC3)CC2)cc1. The van der Waals surface area contributed by atoms with Crippen molar-refractivity contribution in [3.63, 3.8) is 0 Å². The fourth-order valence-corrected chi connectivity index (χ4v) is 4.04. The number of hydrogen-bond acceptors (Lipinski definition) is 6. The van der Waals surface area contributed by atoms with Crippen LogP contribution in [-0.2, 0) is 0 Å². The predicted octanol–water partition coefficient (Wildman–Crippen LogP) is 3.01. The Labute approximate surface area is 171 Å². The third-order valence-electron chi connectivity index (χ3n) is 5.68. The smallest absolute Gasteiger partial charge is 0.253 e. The summed E-state index contributed by atoms with van der Waals surface area (Å²) in [6, 6.07) is 12.6. The van der Waals surface area contributed by atoms with Crippen LogP contribution in [0.2, 0.25) is 0 Å². The standard InChI is InChI=1S/C22H24N6O/c23-14-18(15-24)21(16-25)26-19-8-6-17(7-9-19)22(29)28-12-10-27(11-13-28)20-4-2-1-3-5-20/h6-9,20,26H,1-5,10-13H2. The number of nitrogens with zero attached hydrogens (tertiary/aromatic N) is 5. The maximum atomic E-state index is 12.8. The highest BCUT2D eigenvalue weighted by atomic mass is 16.2. The van der Waals surface area contributed by atoms with Crippen LogP contribution in [0.1, 0.15) is 42.5 Å². The number of piperazine rings is 1. The molecule has 2 fully saturated rings. The number of hydrogen-bond donors (Lipinski definition) is 1. The lowest BCUT2D eigenvalue weighted by atomic mass is 9.94. The van der Waals surface area contributed by atoms with Crippen LogP contribution in [-0.4, -0.2) is 47.9 Å². The van der Waals surface area contributed by atoms with Crippen LogP contribution < -0.4 is 5.32 Å². The summed E-state index contributed by atoms with van der Waals surface area (Å²) in [6.45, 7) is 3.34. The summed E-state index contributed by atoms with van der Waals surface area (Å²) in [7, 11) is 0. The third-order valence-corrected chi connectivity index (χ3v) is 5.68. The van der Waals surface area contributed by atoms with Crippen LogP contribution >= 0.6 is 0 Å². The Hall–Kier alpha value is -3.34. The van der Waals surface area contributed by atoms with Crippen LogP contribution in [0.15, 0.2) is 35.5 Å². The first-order chi connectivity index (χ1) is 14.2. The third kappa shape index (κ3) is 4.93. The van der Waals surface area contributed by atoms with E-state index in [2.05, 4.69) is 10.2 Å². The van der Waals surface area contributed by atoms with Crippen molar-refractivity contribution < 1.29 is 4.79 Å². The molecule has 1 aromatic rings. The average Bonchev–Trinajstić information content (AvgIpc) is 2.80. The molecule has 1 N–H and O–H groups in total. The molecule has 7 heteroatoms. The average molecular weight is 388 g/mol. The molecule has 0 atom stereocenters. The summed E-state index contributed by atoms with van der Waals surface area (Å²) in [4.78, 5) is 17.2. The quantitative estimate of drug-likeness (QED) is 0.795. The molecule has 1 amide bonds. The van der Waals surface area contributed by atoms with Crippen LogP contribution in [0.3, 0.4) is 0 Å². The highest BCUT2D eigenvalue weighted by Crippen LogP contribution is 2.24. The summed E-state index contributed by atoms with van der Waals surface area (Å²) in [5, 5.41) is 29.7. The van der Waals surface area contributed by atoms with Gasteiger partial charge in [0.15, 0.2) is 5.57 Å². The molecular formula is C22H24N6O. The Bertz CT molecular complexity index is 869. The van der Waals surface area contributed by atoms with Gasteiger partial charge in [-0.25, -0.2) is 0 Å². The number of rotatable bonds is 4. The van der Waals surface area contributed by atoms with E-state index in [1.54, 1.807) is 36.4 Å². The van der Waals surface area contributed by atoms with Crippen LogP contribution in [0.25, 0.3) is 0 Å². The molecule has 7 nitrogen and oxygen atoms in total. The van der Waals surface area contributed by atoms with Gasteiger partial charge in [0.05, 0.1) is 0 Å². The lowest BCUT2D eigenvalue weighted by Gasteiger charge is -2.40. The topological polar surface area (TPSA) is 107 Å². The van der Waals surface area contributed by atoms with Crippen LogP contribution in [0, 0.1) is 34.0 Å². The molecule has 0 unspecified atom stereocenters. The molecule has 0 radical (unpaired) electrons. The number of nitriles is 3. The van der Waals surface area contributed by atoms with Gasteiger partial charge in [0.25, 0.3) is 5.91 Å². The molecule has 0 bridgehead atoms. The second kappa shape index (κ2) is 9.73. The lowest BCUT2D eigenvalue weighted by Crippen LogP contribution is -2.52. The molecule has 0 spiro atoms. The van der Waals surface area contributed by atoms with E-state index in [1.807, 2.05) is 11.0 Å². The Kier molecular flexibility index (Phi) is 6.85. The zero-order valence-corrected chi connectivity index (χ0v) is 16.4. The second-order valence-corrected chi connectivity index (χ2v) is 7.41. The minimum absolute atomic E-state index is 0.00521. The fourth-order valence-electron chi connectivity index (χ4n) is 4.04. The summed E-state index contributed by atoms with van der Waals surface area (Å²) in [5.41, 5.74) is 0.754. The van der Waals surface area contributed by atoms with Gasteiger partial charge >= 0.3 is 0 Å². The minimum Gasteiger partial charge on any atom is -0.345 e. The number of anilines is 1. The zero-order chi connectivity index (χ0) is 20.6. The molecule has 1 saturated heterocycles. The summed E-state index contributed by atoms with van der Waals surface area (Å²) >= 11 is 0. The van der Waals surface area contributed by atoms with Crippen molar-refractivity contribution in [2.24, 2.45) is 0 Å². The number of nitrogens with one attached hydrogen (secondary N) is 1. The van der Waals surface area contributed by atoms with E-state index in [1.165, 1.54) is 32.1 Å². The predicted molar refractivity (Wildman–Crippen MR) is 108 cm³/mol. The monoisotopic (exact) mass is 388 g/mol. The van der Waals surface area contributed by atoms with Gasteiger partial charge in [-0.1, -0.05) is 19.3 Å². The number of amides is 1. The number of benzene rings is 1. The fraction of sp³-hybridized carbons (Fsp3) is 0.455. The molecule has 2 aliphatic rings. The van der Waals surface area contributed by atoms with Crippen molar-refractivity contribution in [1.82, 2.24) is 9.80 Å². The van der Waals surface area contributed by atoms with E-state index in [-0.39, 0.29) is 17.2 Å². The Balaban J connectivity index is 1.58. The first-order valence-electron chi connectivity index (χ1n) is 10.0. The van der Waals surface area contributed by atoms with E-state index in [9.17, 15) is 4.79 Å². The second-order valence-electron chi connectivity index (χ2n) is 7.41. The maximum Gasteiger partial charge on any atom is 0.253 e. The van der Waals surface area contributed by atoms with Gasteiger partial charge in [0.2, 0.25) is 0 Å². The molecule has 1 heterocycles. The van der Waals surface area contributed by atoms with E-state index in [0.29, 0.717) is 17.3 Å². The van der Waals surface area contributed by atoms with Crippen molar-refractivity contribution in [1.29, 1.82) is 15.8 Å². The van der Waals surface area contributed by atoms with Gasteiger partial charge in [0.1, 0.15) is 23.9 Å². The van der Waals surface area contributed by atoms with Gasteiger partial charge < -0.3 is 10.2 Å². The lowest BCUT2D eigenvalue weighted by molar-refractivity contribution is 0.0523. The first kappa shape index (κ1) is 20.4. The Morgan fingerprint density at radius 1 is 0.897 bits per heavy atom. The van der Waals surface area contributed by atoms with Crippen molar-refractivity contribution in [2.75, 3.05) is 31.5 Å².